The molecule has 2 saturated carbocycles. The molecule has 0 spiro atoms. The molecule has 4 fully saturated rings. The fraction of sp³-hybridized carbons (Fsp3) is 0.760. The molecule has 2 saturated heterocycles. The van der Waals surface area contributed by atoms with E-state index in [1.807, 2.05) is 0 Å². The standard InChI is InChI=1S/C25H36O6/c1-4-22(26)30-24(12-5-6-13-24)21-10-9-19(29-21)18-11-14-25(16-18,20-8-7-15-28-20)31-23(27)17(2)3/h4,18-21H,1-2,5-16H2,3H3. The van der Waals surface area contributed by atoms with Crippen LogP contribution < -0.4 is 0 Å². The minimum Gasteiger partial charge on any atom is -0.453 e. The van der Waals surface area contributed by atoms with Gasteiger partial charge in [0.15, 0.2) is 0 Å². The average molecular weight is 433 g/mol. The largest absolute Gasteiger partial charge is 0.453 e. The van der Waals surface area contributed by atoms with Crippen molar-refractivity contribution in [2.75, 3.05) is 6.61 Å². The number of ether oxygens (including phenoxy) is 4. The molecule has 5 atom stereocenters. The molecule has 4 aliphatic rings. The van der Waals surface area contributed by atoms with Crippen molar-refractivity contribution in [2.45, 2.75) is 107 Å². The first-order valence-corrected chi connectivity index (χ1v) is 11.9. The number of carbonyl (C=O) groups is 2. The summed E-state index contributed by atoms with van der Waals surface area (Å²) in [4.78, 5) is 24.4. The Morgan fingerprint density at radius 2 is 1.74 bits per heavy atom. The van der Waals surface area contributed by atoms with Crippen LogP contribution in [-0.4, -0.2) is 48.1 Å². The summed E-state index contributed by atoms with van der Waals surface area (Å²) in [7, 11) is 0. The molecule has 0 radical (unpaired) electrons. The van der Waals surface area contributed by atoms with Crippen LogP contribution in [0.15, 0.2) is 24.8 Å². The molecule has 0 aromatic rings. The summed E-state index contributed by atoms with van der Waals surface area (Å²) >= 11 is 0. The first-order chi connectivity index (χ1) is 14.9. The van der Waals surface area contributed by atoms with E-state index in [9.17, 15) is 9.59 Å². The number of hydrogen-bond donors (Lipinski definition) is 0. The van der Waals surface area contributed by atoms with Crippen LogP contribution in [0.3, 0.4) is 0 Å². The summed E-state index contributed by atoms with van der Waals surface area (Å²) in [5, 5.41) is 0. The van der Waals surface area contributed by atoms with Crippen LogP contribution in [0.5, 0.6) is 0 Å². The molecule has 2 heterocycles. The molecule has 172 valence electrons. The van der Waals surface area contributed by atoms with Gasteiger partial charge in [-0.3, -0.25) is 0 Å². The van der Waals surface area contributed by atoms with Crippen molar-refractivity contribution < 1.29 is 28.5 Å². The predicted octanol–water partition coefficient (Wildman–Crippen LogP) is 4.41. The number of esters is 2. The third-order valence-corrected chi connectivity index (χ3v) is 7.79. The van der Waals surface area contributed by atoms with Gasteiger partial charge in [-0.2, -0.15) is 0 Å². The molecule has 6 nitrogen and oxygen atoms in total. The number of rotatable bonds is 7. The van der Waals surface area contributed by atoms with Crippen LogP contribution in [0.4, 0.5) is 0 Å². The van der Waals surface area contributed by atoms with Gasteiger partial charge in [-0.15, -0.1) is 0 Å². The lowest BCUT2D eigenvalue weighted by atomic mass is 9.88. The first-order valence-electron chi connectivity index (χ1n) is 11.9. The van der Waals surface area contributed by atoms with Gasteiger partial charge in [0.05, 0.1) is 18.3 Å². The Labute approximate surface area is 185 Å². The van der Waals surface area contributed by atoms with Gasteiger partial charge in [0.25, 0.3) is 0 Å². The van der Waals surface area contributed by atoms with Crippen molar-refractivity contribution in [1.82, 2.24) is 0 Å². The zero-order valence-electron chi connectivity index (χ0n) is 18.7. The maximum Gasteiger partial charge on any atom is 0.333 e. The van der Waals surface area contributed by atoms with Crippen molar-refractivity contribution in [3.05, 3.63) is 24.8 Å². The van der Waals surface area contributed by atoms with Crippen LogP contribution in [0.25, 0.3) is 0 Å². The summed E-state index contributed by atoms with van der Waals surface area (Å²) in [5.41, 5.74) is -0.680. The lowest BCUT2D eigenvalue weighted by molar-refractivity contribution is -0.175. The second kappa shape index (κ2) is 9.07. The lowest BCUT2D eigenvalue weighted by Crippen LogP contribution is -2.45. The Morgan fingerprint density at radius 1 is 0.968 bits per heavy atom. The Kier molecular flexibility index (Phi) is 6.59. The molecular weight excluding hydrogens is 396 g/mol. The third-order valence-electron chi connectivity index (χ3n) is 7.79. The molecule has 4 rings (SSSR count). The van der Waals surface area contributed by atoms with Gasteiger partial charge >= 0.3 is 11.9 Å². The number of carbonyl (C=O) groups excluding carboxylic acids is 2. The summed E-state index contributed by atoms with van der Waals surface area (Å²) in [6.45, 7) is 9.72. The van der Waals surface area contributed by atoms with Crippen molar-refractivity contribution in [1.29, 1.82) is 0 Å². The van der Waals surface area contributed by atoms with Gasteiger partial charge < -0.3 is 18.9 Å². The van der Waals surface area contributed by atoms with Crippen molar-refractivity contribution in [3.63, 3.8) is 0 Å². The highest BCUT2D eigenvalue weighted by Gasteiger charge is 2.55. The zero-order chi connectivity index (χ0) is 22.1. The van der Waals surface area contributed by atoms with Gasteiger partial charge in [-0.05, 0) is 83.5 Å². The summed E-state index contributed by atoms with van der Waals surface area (Å²) in [6.07, 6.45) is 11.3. The highest BCUT2D eigenvalue weighted by molar-refractivity contribution is 5.87. The SMILES string of the molecule is C=CC(=O)OC1(C2CCC(C3CCC(OC(=O)C(=C)C)(C4CCCO4)C3)O2)CCCC1. The molecule has 5 unspecified atom stereocenters. The van der Waals surface area contributed by atoms with E-state index in [0.717, 1.165) is 77.2 Å². The second-order valence-electron chi connectivity index (χ2n) is 9.88. The molecular formula is C25H36O6. The van der Waals surface area contributed by atoms with E-state index in [-0.39, 0.29) is 30.3 Å². The Morgan fingerprint density at radius 3 is 2.39 bits per heavy atom. The van der Waals surface area contributed by atoms with Crippen LogP contribution >= 0.6 is 0 Å². The molecule has 0 aromatic heterocycles. The van der Waals surface area contributed by atoms with Gasteiger partial charge in [0.1, 0.15) is 11.2 Å². The maximum atomic E-state index is 12.4. The highest BCUT2D eigenvalue weighted by Crippen LogP contribution is 2.50. The van der Waals surface area contributed by atoms with Gasteiger partial charge in [0.2, 0.25) is 0 Å². The van der Waals surface area contributed by atoms with E-state index >= 15 is 0 Å². The molecule has 0 aromatic carbocycles. The van der Waals surface area contributed by atoms with Crippen LogP contribution in [-0.2, 0) is 28.5 Å². The fourth-order valence-electron chi connectivity index (χ4n) is 6.21. The minimum absolute atomic E-state index is 0.0484. The van der Waals surface area contributed by atoms with Crippen LogP contribution in [0, 0.1) is 5.92 Å². The Bertz CT molecular complexity index is 718. The van der Waals surface area contributed by atoms with Crippen LogP contribution in [0.1, 0.15) is 77.6 Å². The summed E-state index contributed by atoms with van der Waals surface area (Å²) in [5.74, 6) is -0.387. The molecule has 31 heavy (non-hydrogen) atoms. The smallest absolute Gasteiger partial charge is 0.333 e. The fourth-order valence-corrected chi connectivity index (χ4v) is 6.21. The highest BCUT2D eigenvalue weighted by atomic mass is 16.6. The van der Waals surface area contributed by atoms with Gasteiger partial charge in [-0.25, -0.2) is 9.59 Å². The van der Waals surface area contributed by atoms with Gasteiger partial charge in [0, 0.05) is 18.3 Å². The van der Waals surface area contributed by atoms with Crippen molar-refractivity contribution in [3.8, 4) is 0 Å². The topological polar surface area (TPSA) is 71.1 Å². The molecule has 2 aliphatic carbocycles. The Hall–Kier alpha value is -1.66. The quantitative estimate of drug-likeness (QED) is 0.438. The van der Waals surface area contributed by atoms with E-state index in [2.05, 4.69) is 13.2 Å². The van der Waals surface area contributed by atoms with E-state index in [1.54, 1.807) is 6.92 Å². The molecule has 0 N–H and O–H groups in total. The van der Waals surface area contributed by atoms with E-state index in [1.165, 1.54) is 6.08 Å². The maximum absolute atomic E-state index is 12.4. The van der Waals surface area contributed by atoms with E-state index < -0.39 is 11.2 Å². The van der Waals surface area contributed by atoms with Gasteiger partial charge in [-0.1, -0.05) is 13.2 Å². The van der Waals surface area contributed by atoms with Crippen molar-refractivity contribution >= 4 is 11.9 Å². The molecule has 0 amide bonds. The lowest BCUT2D eigenvalue weighted by Gasteiger charge is -2.36. The normalized spacial score (nSPS) is 36.9. The third kappa shape index (κ3) is 4.47. The van der Waals surface area contributed by atoms with E-state index in [0.29, 0.717) is 11.5 Å². The van der Waals surface area contributed by atoms with Crippen molar-refractivity contribution in [2.24, 2.45) is 5.92 Å². The first kappa shape index (κ1) is 22.5. The molecule has 2 aliphatic heterocycles. The van der Waals surface area contributed by atoms with Crippen LogP contribution in [0.2, 0.25) is 0 Å². The minimum atomic E-state index is -0.584. The van der Waals surface area contributed by atoms with E-state index in [4.69, 9.17) is 18.9 Å². The Balaban J connectivity index is 1.44. The molecule has 0 bridgehead atoms. The molecule has 6 heteroatoms. The summed E-state index contributed by atoms with van der Waals surface area (Å²) in [6, 6.07) is 0. The summed E-state index contributed by atoms with van der Waals surface area (Å²) < 4.78 is 24.5. The monoisotopic (exact) mass is 432 g/mol. The second-order valence-corrected chi connectivity index (χ2v) is 9.88. The average Bonchev–Trinajstić information content (AvgIpc) is 3.54. The predicted molar refractivity (Wildman–Crippen MR) is 115 cm³/mol. The number of hydrogen-bond acceptors (Lipinski definition) is 6. The zero-order valence-corrected chi connectivity index (χ0v) is 18.7.